The molecule has 0 radical (unpaired) electrons. The number of carbonyl (C=O) groups is 1. The second-order valence-electron chi connectivity index (χ2n) is 3.68. The van der Waals surface area contributed by atoms with Crippen LogP contribution < -0.4 is 0 Å². The van der Waals surface area contributed by atoms with E-state index in [1.165, 1.54) is 0 Å². The van der Waals surface area contributed by atoms with E-state index in [1.807, 2.05) is 24.2 Å². The molecule has 1 aliphatic heterocycles. The zero-order valence-corrected chi connectivity index (χ0v) is 8.00. The number of aromatic amines is 1. The first kappa shape index (κ1) is 8.35. The Morgan fingerprint density at radius 2 is 2.38 bits per heavy atom. The standard InChI is InChI=1S/C10H14N2O/c1-7-3-4-8-5-6-11-9(8)10(13)12(7)2/h5-7,11H,3-4H2,1-2H3. The molecule has 0 fully saturated rings. The van der Waals surface area contributed by atoms with Crippen molar-refractivity contribution in [3.8, 4) is 0 Å². The van der Waals surface area contributed by atoms with Gasteiger partial charge in [-0.2, -0.15) is 0 Å². The average Bonchev–Trinajstić information content (AvgIpc) is 2.56. The molecule has 1 amide bonds. The van der Waals surface area contributed by atoms with Crippen molar-refractivity contribution in [1.29, 1.82) is 0 Å². The van der Waals surface area contributed by atoms with Crippen LogP contribution in [0.1, 0.15) is 29.4 Å². The van der Waals surface area contributed by atoms with Crippen LogP contribution >= 0.6 is 0 Å². The monoisotopic (exact) mass is 178 g/mol. The Balaban J connectivity index is 2.40. The summed E-state index contributed by atoms with van der Waals surface area (Å²) in [6.07, 6.45) is 3.88. The fourth-order valence-corrected chi connectivity index (χ4v) is 1.74. The molecule has 2 rings (SSSR count). The molecular weight excluding hydrogens is 164 g/mol. The van der Waals surface area contributed by atoms with Gasteiger partial charge in [0.1, 0.15) is 5.69 Å². The lowest BCUT2D eigenvalue weighted by molar-refractivity contribution is 0.0742. The number of rotatable bonds is 0. The van der Waals surface area contributed by atoms with Gasteiger partial charge in [-0.25, -0.2) is 0 Å². The predicted octanol–water partition coefficient (Wildman–Crippen LogP) is 1.42. The highest BCUT2D eigenvalue weighted by Crippen LogP contribution is 2.19. The molecule has 0 saturated heterocycles. The summed E-state index contributed by atoms with van der Waals surface area (Å²) in [5.74, 6) is 0.116. The molecule has 1 atom stereocenters. The topological polar surface area (TPSA) is 36.1 Å². The van der Waals surface area contributed by atoms with E-state index in [2.05, 4.69) is 11.9 Å². The maximum atomic E-state index is 11.8. The number of aromatic nitrogens is 1. The van der Waals surface area contributed by atoms with Gasteiger partial charge >= 0.3 is 0 Å². The summed E-state index contributed by atoms with van der Waals surface area (Å²) in [5.41, 5.74) is 1.92. The fraction of sp³-hybridized carbons (Fsp3) is 0.500. The van der Waals surface area contributed by atoms with Gasteiger partial charge in [-0.15, -0.1) is 0 Å². The number of nitrogens with zero attached hydrogens (tertiary/aromatic N) is 1. The van der Waals surface area contributed by atoms with Gasteiger partial charge in [-0.05, 0) is 31.4 Å². The van der Waals surface area contributed by atoms with Crippen molar-refractivity contribution in [2.24, 2.45) is 0 Å². The Labute approximate surface area is 77.7 Å². The highest BCUT2D eigenvalue weighted by molar-refractivity contribution is 5.94. The molecule has 3 nitrogen and oxygen atoms in total. The van der Waals surface area contributed by atoms with Gasteiger partial charge in [0.05, 0.1) is 0 Å². The first-order chi connectivity index (χ1) is 6.20. The van der Waals surface area contributed by atoms with Gasteiger partial charge in [-0.1, -0.05) is 0 Å². The van der Waals surface area contributed by atoms with E-state index in [4.69, 9.17) is 0 Å². The maximum absolute atomic E-state index is 11.8. The third-order valence-electron chi connectivity index (χ3n) is 2.86. The Hall–Kier alpha value is -1.25. The molecule has 1 unspecified atom stereocenters. The number of aryl methyl sites for hydroxylation is 1. The van der Waals surface area contributed by atoms with Gasteiger partial charge in [0.25, 0.3) is 5.91 Å². The third-order valence-corrected chi connectivity index (χ3v) is 2.86. The fourth-order valence-electron chi connectivity index (χ4n) is 1.74. The summed E-state index contributed by atoms with van der Waals surface area (Å²) >= 11 is 0. The molecule has 1 aromatic rings. The zero-order chi connectivity index (χ0) is 9.42. The van der Waals surface area contributed by atoms with Crippen LogP contribution in [0.5, 0.6) is 0 Å². The molecular formula is C10H14N2O. The van der Waals surface area contributed by atoms with Crippen LogP contribution in [0.15, 0.2) is 12.3 Å². The SMILES string of the molecule is CC1CCc2cc[nH]c2C(=O)N1C. The van der Waals surface area contributed by atoms with Gasteiger partial charge in [-0.3, -0.25) is 4.79 Å². The van der Waals surface area contributed by atoms with E-state index >= 15 is 0 Å². The molecule has 70 valence electrons. The summed E-state index contributed by atoms with van der Waals surface area (Å²) in [6.45, 7) is 2.09. The molecule has 1 N–H and O–H groups in total. The quantitative estimate of drug-likeness (QED) is 0.640. The normalized spacial score (nSPS) is 22.8. The summed E-state index contributed by atoms with van der Waals surface area (Å²) in [5, 5.41) is 0. The van der Waals surface area contributed by atoms with Crippen LogP contribution in [0.4, 0.5) is 0 Å². The van der Waals surface area contributed by atoms with Crippen LogP contribution in [0.25, 0.3) is 0 Å². The number of H-pyrrole nitrogens is 1. The van der Waals surface area contributed by atoms with Gasteiger partial charge < -0.3 is 9.88 Å². The number of nitrogens with one attached hydrogen (secondary N) is 1. The van der Waals surface area contributed by atoms with Crippen molar-refractivity contribution in [3.05, 3.63) is 23.5 Å². The van der Waals surface area contributed by atoms with Crippen molar-refractivity contribution in [1.82, 2.24) is 9.88 Å². The molecule has 0 aromatic carbocycles. The van der Waals surface area contributed by atoms with E-state index < -0.39 is 0 Å². The maximum Gasteiger partial charge on any atom is 0.270 e. The number of carbonyl (C=O) groups excluding carboxylic acids is 1. The summed E-state index contributed by atoms with van der Waals surface area (Å²) in [4.78, 5) is 16.6. The minimum Gasteiger partial charge on any atom is -0.357 e. The van der Waals surface area contributed by atoms with Crippen LogP contribution in [-0.2, 0) is 6.42 Å². The molecule has 0 aliphatic carbocycles. The number of amides is 1. The Kier molecular flexibility index (Phi) is 1.87. The lowest BCUT2D eigenvalue weighted by Crippen LogP contribution is -2.33. The van der Waals surface area contributed by atoms with Crippen molar-refractivity contribution < 1.29 is 4.79 Å². The minimum atomic E-state index is 0.116. The molecule has 2 heterocycles. The predicted molar refractivity (Wildman–Crippen MR) is 50.7 cm³/mol. The summed E-state index contributed by atoms with van der Waals surface area (Å²) in [7, 11) is 1.86. The second-order valence-corrected chi connectivity index (χ2v) is 3.68. The van der Waals surface area contributed by atoms with Gasteiger partial charge in [0.15, 0.2) is 0 Å². The summed E-state index contributed by atoms with van der Waals surface area (Å²) in [6, 6.07) is 2.34. The highest BCUT2D eigenvalue weighted by atomic mass is 16.2. The lowest BCUT2D eigenvalue weighted by Gasteiger charge is -2.21. The van der Waals surface area contributed by atoms with Gasteiger partial charge in [0, 0.05) is 19.3 Å². The van der Waals surface area contributed by atoms with Gasteiger partial charge in [0.2, 0.25) is 0 Å². The molecule has 1 aliphatic rings. The van der Waals surface area contributed by atoms with Crippen LogP contribution in [0.2, 0.25) is 0 Å². The van der Waals surface area contributed by atoms with Crippen molar-refractivity contribution in [2.45, 2.75) is 25.8 Å². The number of hydrogen-bond acceptors (Lipinski definition) is 1. The Morgan fingerprint density at radius 1 is 1.62 bits per heavy atom. The van der Waals surface area contributed by atoms with E-state index in [-0.39, 0.29) is 5.91 Å². The van der Waals surface area contributed by atoms with E-state index in [0.717, 1.165) is 24.1 Å². The van der Waals surface area contributed by atoms with Crippen molar-refractivity contribution >= 4 is 5.91 Å². The van der Waals surface area contributed by atoms with E-state index in [9.17, 15) is 4.79 Å². The van der Waals surface area contributed by atoms with Crippen molar-refractivity contribution in [3.63, 3.8) is 0 Å². The Bertz CT molecular complexity index is 329. The van der Waals surface area contributed by atoms with Crippen LogP contribution in [0.3, 0.4) is 0 Å². The molecule has 13 heavy (non-hydrogen) atoms. The van der Waals surface area contributed by atoms with Crippen molar-refractivity contribution in [2.75, 3.05) is 7.05 Å². The molecule has 0 spiro atoms. The van der Waals surface area contributed by atoms with Crippen LogP contribution in [-0.4, -0.2) is 28.9 Å². The molecule has 1 aromatic heterocycles. The molecule has 0 bridgehead atoms. The smallest absolute Gasteiger partial charge is 0.270 e. The zero-order valence-electron chi connectivity index (χ0n) is 8.00. The average molecular weight is 178 g/mol. The molecule has 0 saturated carbocycles. The van der Waals surface area contributed by atoms with Crippen LogP contribution in [0, 0.1) is 0 Å². The molecule has 3 heteroatoms. The van der Waals surface area contributed by atoms with E-state index in [1.54, 1.807) is 0 Å². The number of fused-ring (bicyclic) bond motifs is 1. The lowest BCUT2D eigenvalue weighted by atomic mass is 10.1. The highest BCUT2D eigenvalue weighted by Gasteiger charge is 2.24. The first-order valence-corrected chi connectivity index (χ1v) is 4.63. The largest absolute Gasteiger partial charge is 0.357 e. The first-order valence-electron chi connectivity index (χ1n) is 4.63. The minimum absolute atomic E-state index is 0.116. The third kappa shape index (κ3) is 1.24. The van der Waals surface area contributed by atoms with E-state index in [0.29, 0.717) is 6.04 Å². The number of hydrogen-bond donors (Lipinski definition) is 1. The Morgan fingerprint density at radius 3 is 3.15 bits per heavy atom. The second kappa shape index (κ2) is 2.91. The summed E-state index contributed by atoms with van der Waals surface area (Å²) < 4.78 is 0.